The highest BCUT2D eigenvalue weighted by Gasteiger charge is 2.42. The van der Waals surface area contributed by atoms with Gasteiger partial charge in [0.2, 0.25) is 29.5 Å². The molecular formula is C43H71N9O14S. The number of hydrogen-bond donors (Lipinski definition) is 8. The van der Waals surface area contributed by atoms with Gasteiger partial charge in [0.15, 0.2) is 11.5 Å². The molecule has 24 heteroatoms. The molecule has 0 radical (unpaired) electrons. The summed E-state index contributed by atoms with van der Waals surface area (Å²) >= 11 is 1.86. The van der Waals surface area contributed by atoms with Crippen molar-refractivity contribution in [1.82, 2.24) is 37.2 Å². The Morgan fingerprint density at radius 2 is 1.49 bits per heavy atom. The van der Waals surface area contributed by atoms with Crippen LogP contribution >= 0.6 is 11.8 Å². The fraction of sp³-hybridized carbons (Fsp3) is 0.721. The van der Waals surface area contributed by atoms with E-state index in [0.29, 0.717) is 49.8 Å². The van der Waals surface area contributed by atoms with Crippen LogP contribution < -0.4 is 52.4 Å². The second-order valence-corrected chi connectivity index (χ2v) is 17.1. The number of unbranched alkanes of at least 4 members (excludes halogenated alkanes) is 3. The van der Waals surface area contributed by atoms with Crippen LogP contribution in [0.25, 0.3) is 0 Å². The minimum absolute atomic E-state index is 0.0304. The first-order chi connectivity index (χ1) is 32.4. The van der Waals surface area contributed by atoms with Crippen molar-refractivity contribution in [3.63, 3.8) is 0 Å². The number of thioether (sulfide) groups is 1. The molecule has 2 heterocycles. The van der Waals surface area contributed by atoms with E-state index in [4.69, 9.17) is 34.2 Å². The fourth-order valence-corrected chi connectivity index (χ4v) is 8.61. The summed E-state index contributed by atoms with van der Waals surface area (Å²) in [5, 5.41) is 31.7. The third-order valence-electron chi connectivity index (χ3n) is 10.6. The molecule has 0 aliphatic carbocycles. The number of nitrogens with two attached hydrogens (primary N) is 1. The quantitative estimate of drug-likeness (QED) is 0.0197. The number of methoxy groups -OCH3 is 1. The van der Waals surface area contributed by atoms with Gasteiger partial charge < -0.3 is 71.4 Å². The topological polar surface area (TPSA) is 311 Å². The summed E-state index contributed by atoms with van der Waals surface area (Å²) in [4.78, 5) is 84.4. The number of rotatable bonds is 37. The Balaban J connectivity index is 1.15. The maximum Gasteiger partial charge on any atom is 0.315 e. The van der Waals surface area contributed by atoms with Gasteiger partial charge in [0.25, 0.3) is 5.69 Å². The van der Waals surface area contributed by atoms with Crippen molar-refractivity contribution < 1.29 is 62.1 Å². The van der Waals surface area contributed by atoms with Crippen LogP contribution in [0.2, 0.25) is 0 Å². The summed E-state index contributed by atoms with van der Waals surface area (Å²) in [5.74, 6) is -0.217. The van der Waals surface area contributed by atoms with Gasteiger partial charge in [-0.3, -0.25) is 34.1 Å². The van der Waals surface area contributed by atoms with E-state index in [9.17, 15) is 38.9 Å². The van der Waals surface area contributed by atoms with E-state index in [0.717, 1.165) is 37.9 Å². The molecule has 1 aromatic carbocycles. The summed E-state index contributed by atoms with van der Waals surface area (Å²) in [6.07, 6.45) is 6.28. The number of benzene rings is 1. The SMILES string of the molecule is CCCCOc1cc([N+](=O)[O-])c(C(C)NC(=O)COCCOCCNC(=O)COCCOCCNC(=O)[C@H](CCCCNC(=O)CCCCC2SCC3NC(=O)NC32)NC(=O)CN)cc1OC. The van der Waals surface area contributed by atoms with Gasteiger partial charge in [-0.25, -0.2) is 4.79 Å². The molecular weight excluding hydrogens is 899 g/mol. The van der Waals surface area contributed by atoms with Crippen LogP contribution in [0.1, 0.15) is 83.2 Å². The lowest BCUT2D eigenvalue weighted by molar-refractivity contribution is -0.385. The van der Waals surface area contributed by atoms with Crippen LogP contribution in [-0.2, 0) is 42.9 Å². The number of urea groups is 1. The number of ether oxygens (including phenoxy) is 6. The second-order valence-electron chi connectivity index (χ2n) is 15.8. The first-order valence-corrected chi connectivity index (χ1v) is 24.0. The van der Waals surface area contributed by atoms with Crippen molar-refractivity contribution in [1.29, 1.82) is 0 Å². The Morgan fingerprint density at radius 1 is 0.806 bits per heavy atom. The van der Waals surface area contributed by atoms with Gasteiger partial charge in [-0.15, -0.1) is 0 Å². The van der Waals surface area contributed by atoms with Crippen molar-refractivity contribution in [3.05, 3.63) is 27.8 Å². The number of fused-ring (bicyclic) bond motifs is 1. The average molecular weight is 970 g/mol. The maximum atomic E-state index is 12.8. The standard InChI is InChI=1S/C43H71N9O14S/c1-4-5-16-66-35-24-33(52(59)60)30(23-34(35)61-3)29(2)48-40(56)27-65-22-20-62-17-14-46-39(55)26-64-21-19-63-18-15-47-42(57)31(49-38(54)25-44)10-8-9-13-45-37(53)12-7-6-11-36-41-32(28-67-36)50-43(58)51-41/h23-24,29,31-32,36,41H,4-22,25-28,44H2,1-3H3,(H,45,53)(H,46,55)(H,47,57)(H,48,56)(H,49,54)(H2,50,51,58)/t29?,31-,32?,36?,41?/m0/s1. The van der Waals surface area contributed by atoms with Crippen LogP contribution in [-0.4, -0.2) is 162 Å². The van der Waals surface area contributed by atoms with E-state index in [-0.39, 0.29) is 125 Å². The van der Waals surface area contributed by atoms with E-state index in [1.165, 1.54) is 19.2 Å². The maximum absolute atomic E-state index is 12.8. The van der Waals surface area contributed by atoms with Crippen LogP contribution in [0.15, 0.2) is 12.1 Å². The van der Waals surface area contributed by atoms with Crippen LogP contribution in [0.5, 0.6) is 11.5 Å². The number of nitro benzene ring substituents is 1. The Bertz CT molecular complexity index is 1730. The lowest BCUT2D eigenvalue weighted by Gasteiger charge is -2.18. The highest BCUT2D eigenvalue weighted by molar-refractivity contribution is 8.00. The number of nitrogens with zero attached hydrogens (tertiary/aromatic N) is 1. The van der Waals surface area contributed by atoms with Crippen molar-refractivity contribution in [3.8, 4) is 11.5 Å². The first kappa shape index (κ1) is 56.3. The van der Waals surface area contributed by atoms with Gasteiger partial charge in [-0.2, -0.15) is 11.8 Å². The molecule has 0 aromatic heterocycles. The lowest BCUT2D eigenvalue weighted by Crippen LogP contribution is -2.49. The molecule has 3 rings (SSSR count). The molecule has 5 atom stereocenters. The number of carbonyl (C=O) groups is 6. The summed E-state index contributed by atoms with van der Waals surface area (Å²) in [7, 11) is 1.43. The zero-order valence-corrected chi connectivity index (χ0v) is 39.8. The monoisotopic (exact) mass is 969 g/mol. The van der Waals surface area contributed by atoms with Gasteiger partial charge in [-0.1, -0.05) is 19.8 Å². The van der Waals surface area contributed by atoms with Crippen molar-refractivity contribution in [2.24, 2.45) is 5.73 Å². The summed E-state index contributed by atoms with van der Waals surface area (Å²) < 4.78 is 32.6. The van der Waals surface area contributed by atoms with E-state index < -0.39 is 28.8 Å². The number of hydrogen-bond acceptors (Lipinski definition) is 16. The number of amides is 7. The zero-order valence-electron chi connectivity index (χ0n) is 39.0. The largest absolute Gasteiger partial charge is 0.493 e. The Hall–Kier alpha value is -5.01. The molecule has 9 N–H and O–H groups in total. The Morgan fingerprint density at radius 3 is 2.18 bits per heavy atom. The minimum Gasteiger partial charge on any atom is -0.493 e. The molecule has 7 amide bonds. The highest BCUT2D eigenvalue weighted by Crippen LogP contribution is 2.38. The number of carbonyl (C=O) groups excluding carboxylic acids is 6. The van der Waals surface area contributed by atoms with Gasteiger partial charge >= 0.3 is 6.03 Å². The third-order valence-corrected chi connectivity index (χ3v) is 12.1. The summed E-state index contributed by atoms with van der Waals surface area (Å²) in [6, 6.07) is 1.52. The molecule has 4 unspecified atom stereocenters. The normalized spacial score (nSPS) is 17.0. The first-order valence-electron chi connectivity index (χ1n) is 22.9. The smallest absolute Gasteiger partial charge is 0.315 e. The molecule has 0 bridgehead atoms. The Kier molecular flexibility index (Phi) is 27.4. The Labute approximate surface area is 396 Å². The lowest BCUT2D eigenvalue weighted by atomic mass is 10.0. The molecule has 2 fully saturated rings. The predicted molar refractivity (Wildman–Crippen MR) is 248 cm³/mol. The van der Waals surface area contributed by atoms with Gasteiger partial charge in [-0.05, 0) is 51.5 Å². The van der Waals surface area contributed by atoms with E-state index in [1.807, 2.05) is 18.7 Å². The highest BCUT2D eigenvalue weighted by atomic mass is 32.2. The van der Waals surface area contributed by atoms with E-state index >= 15 is 0 Å². The molecule has 2 aliphatic heterocycles. The van der Waals surface area contributed by atoms with Gasteiger partial charge in [0.1, 0.15) is 19.3 Å². The van der Waals surface area contributed by atoms with E-state index in [2.05, 4.69) is 37.2 Å². The zero-order chi connectivity index (χ0) is 48.8. The second kappa shape index (κ2) is 32.7. The molecule has 23 nitrogen and oxygen atoms in total. The molecule has 2 saturated heterocycles. The number of nitrogens with one attached hydrogen (secondary N) is 7. The van der Waals surface area contributed by atoms with Crippen LogP contribution in [0, 0.1) is 10.1 Å². The van der Waals surface area contributed by atoms with Gasteiger partial charge in [0, 0.05) is 37.1 Å². The molecule has 67 heavy (non-hydrogen) atoms. The third kappa shape index (κ3) is 22.1. The van der Waals surface area contributed by atoms with Crippen molar-refractivity contribution >= 4 is 53.0 Å². The van der Waals surface area contributed by atoms with E-state index in [1.54, 1.807) is 6.92 Å². The minimum atomic E-state index is -0.791. The van der Waals surface area contributed by atoms with Crippen molar-refractivity contribution in [2.45, 2.75) is 101 Å². The number of nitro groups is 1. The molecule has 0 spiro atoms. The fourth-order valence-electron chi connectivity index (χ4n) is 7.07. The summed E-state index contributed by atoms with van der Waals surface area (Å²) in [5.41, 5.74) is 5.49. The van der Waals surface area contributed by atoms with Crippen molar-refractivity contribution in [2.75, 3.05) is 98.5 Å². The summed E-state index contributed by atoms with van der Waals surface area (Å²) in [6.45, 7) is 5.04. The van der Waals surface area contributed by atoms with Gasteiger partial charge in [0.05, 0.1) is 94.6 Å². The molecule has 378 valence electrons. The molecule has 2 aliphatic rings. The predicted octanol–water partition coefficient (Wildman–Crippen LogP) is 0.714. The molecule has 0 saturated carbocycles. The van der Waals surface area contributed by atoms with Crippen LogP contribution in [0.3, 0.4) is 0 Å². The molecule has 1 aromatic rings. The van der Waals surface area contributed by atoms with Crippen LogP contribution in [0.4, 0.5) is 10.5 Å². The average Bonchev–Trinajstić information content (AvgIpc) is 3.87.